The third-order valence-electron chi connectivity index (χ3n) is 3.25. The first-order valence-corrected chi connectivity index (χ1v) is 6.73. The quantitative estimate of drug-likeness (QED) is 0.728. The number of hydrogen-bond donors (Lipinski definition) is 0. The lowest BCUT2D eigenvalue weighted by Crippen LogP contribution is -2.13. The molecule has 0 bridgehead atoms. The molecule has 1 aromatic heterocycles. The number of aromatic nitrogens is 1. The SMILES string of the molecule is Cn1cc(-c2ccccc2Oc2ccccc2)ccc1=O. The van der Waals surface area contributed by atoms with Gasteiger partial charge in [-0.25, -0.2) is 0 Å². The topological polar surface area (TPSA) is 31.2 Å². The Morgan fingerprint density at radius 1 is 0.857 bits per heavy atom. The van der Waals surface area contributed by atoms with Gasteiger partial charge in [-0.3, -0.25) is 4.79 Å². The minimum absolute atomic E-state index is 0.0276. The molecule has 0 fully saturated rings. The molecule has 0 atom stereocenters. The van der Waals surface area contributed by atoms with Gasteiger partial charge in [0.1, 0.15) is 11.5 Å². The van der Waals surface area contributed by atoms with Gasteiger partial charge in [0.25, 0.3) is 0 Å². The molecule has 0 N–H and O–H groups in total. The largest absolute Gasteiger partial charge is 0.457 e. The van der Waals surface area contributed by atoms with E-state index in [2.05, 4.69) is 0 Å². The van der Waals surface area contributed by atoms with E-state index < -0.39 is 0 Å². The molecule has 3 aromatic rings. The van der Waals surface area contributed by atoms with Crippen LogP contribution in [0.3, 0.4) is 0 Å². The second-order valence-corrected chi connectivity index (χ2v) is 4.78. The lowest BCUT2D eigenvalue weighted by atomic mass is 10.1. The van der Waals surface area contributed by atoms with Gasteiger partial charge >= 0.3 is 0 Å². The van der Waals surface area contributed by atoms with Crippen LogP contribution in [-0.2, 0) is 7.05 Å². The number of pyridine rings is 1. The zero-order valence-corrected chi connectivity index (χ0v) is 11.7. The van der Waals surface area contributed by atoms with Crippen LogP contribution in [0.1, 0.15) is 0 Å². The highest BCUT2D eigenvalue weighted by Gasteiger charge is 2.07. The molecule has 0 aliphatic rings. The zero-order valence-electron chi connectivity index (χ0n) is 11.7. The summed E-state index contributed by atoms with van der Waals surface area (Å²) in [4.78, 5) is 11.5. The Labute approximate surface area is 123 Å². The number of benzene rings is 2. The molecule has 0 aliphatic heterocycles. The molecule has 0 spiro atoms. The summed E-state index contributed by atoms with van der Waals surface area (Å²) in [7, 11) is 1.74. The van der Waals surface area contributed by atoms with Crippen LogP contribution in [0.2, 0.25) is 0 Å². The fraction of sp³-hybridized carbons (Fsp3) is 0.0556. The van der Waals surface area contributed by atoms with Crippen LogP contribution in [0, 0.1) is 0 Å². The highest BCUT2D eigenvalue weighted by Crippen LogP contribution is 2.32. The Morgan fingerprint density at radius 3 is 2.33 bits per heavy atom. The number of para-hydroxylation sites is 2. The Hall–Kier alpha value is -2.81. The summed E-state index contributed by atoms with van der Waals surface area (Å²) in [5.41, 5.74) is 1.88. The molecule has 0 saturated carbocycles. The second-order valence-electron chi connectivity index (χ2n) is 4.78. The van der Waals surface area contributed by atoms with E-state index in [1.807, 2.05) is 66.9 Å². The molecule has 2 aromatic carbocycles. The highest BCUT2D eigenvalue weighted by atomic mass is 16.5. The summed E-state index contributed by atoms with van der Waals surface area (Å²) < 4.78 is 7.51. The van der Waals surface area contributed by atoms with Crippen molar-refractivity contribution in [1.82, 2.24) is 4.57 Å². The van der Waals surface area contributed by atoms with Crippen molar-refractivity contribution in [3.63, 3.8) is 0 Å². The van der Waals surface area contributed by atoms with Crippen LogP contribution in [0.5, 0.6) is 11.5 Å². The van der Waals surface area contributed by atoms with Gasteiger partial charge in [0.05, 0.1) is 0 Å². The van der Waals surface area contributed by atoms with Gasteiger partial charge in [-0.2, -0.15) is 0 Å². The zero-order chi connectivity index (χ0) is 14.7. The molecule has 3 heteroatoms. The Kier molecular flexibility index (Phi) is 3.56. The number of rotatable bonds is 3. The number of aryl methyl sites for hydroxylation is 1. The van der Waals surface area contributed by atoms with Crippen molar-refractivity contribution >= 4 is 0 Å². The van der Waals surface area contributed by atoms with Crippen LogP contribution < -0.4 is 10.3 Å². The average Bonchev–Trinajstić information content (AvgIpc) is 2.52. The van der Waals surface area contributed by atoms with Gasteiger partial charge in [0.2, 0.25) is 5.56 Å². The predicted molar refractivity (Wildman–Crippen MR) is 83.6 cm³/mol. The van der Waals surface area contributed by atoms with E-state index in [-0.39, 0.29) is 5.56 Å². The molecule has 1 heterocycles. The van der Waals surface area contributed by atoms with Crippen LogP contribution >= 0.6 is 0 Å². The molecular formula is C18H15NO2. The van der Waals surface area contributed by atoms with Gasteiger partial charge in [-0.15, -0.1) is 0 Å². The van der Waals surface area contributed by atoms with Gasteiger partial charge in [0.15, 0.2) is 0 Å². The normalized spacial score (nSPS) is 10.3. The van der Waals surface area contributed by atoms with Crippen molar-refractivity contribution in [3.8, 4) is 22.6 Å². The highest BCUT2D eigenvalue weighted by molar-refractivity contribution is 5.70. The maximum atomic E-state index is 11.5. The Bertz CT molecular complexity index is 807. The lowest BCUT2D eigenvalue weighted by Gasteiger charge is -2.11. The number of nitrogens with zero attached hydrogens (tertiary/aromatic N) is 1. The summed E-state index contributed by atoms with van der Waals surface area (Å²) in [5.74, 6) is 1.55. The van der Waals surface area contributed by atoms with E-state index in [9.17, 15) is 4.79 Å². The van der Waals surface area contributed by atoms with Crippen molar-refractivity contribution in [2.75, 3.05) is 0 Å². The van der Waals surface area contributed by atoms with Gasteiger partial charge in [0, 0.05) is 30.4 Å². The third-order valence-corrected chi connectivity index (χ3v) is 3.25. The van der Waals surface area contributed by atoms with Gasteiger partial charge < -0.3 is 9.30 Å². The fourth-order valence-electron chi connectivity index (χ4n) is 2.16. The second kappa shape index (κ2) is 5.67. The lowest BCUT2D eigenvalue weighted by molar-refractivity contribution is 0.484. The van der Waals surface area contributed by atoms with E-state index in [0.717, 1.165) is 22.6 Å². The van der Waals surface area contributed by atoms with Crippen LogP contribution in [0.4, 0.5) is 0 Å². The van der Waals surface area contributed by atoms with Crippen molar-refractivity contribution in [3.05, 3.63) is 83.3 Å². The Balaban J connectivity index is 2.03. The molecule has 0 aliphatic carbocycles. The third kappa shape index (κ3) is 2.87. The van der Waals surface area contributed by atoms with Crippen LogP contribution in [0.15, 0.2) is 77.7 Å². The predicted octanol–water partition coefficient (Wildman–Crippen LogP) is 3.84. The molecule has 3 rings (SSSR count). The number of ether oxygens (including phenoxy) is 1. The van der Waals surface area contributed by atoms with E-state index in [0.29, 0.717) is 0 Å². The first-order valence-electron chi connectivity index (χ1n) is 6.73. The molecule has 0 saturated heterocycles. The summed E-state index contributed by atoms with van der Waals surface area (Å²) in [6.07, 6.45) is 1.82. The molecule has 0 radical (unpaired) electrons. The van der Waals surface area contributed by atoms with E-state index in [4.69, 9.17) is 4.74 Å². The molecule has 3 nitrogen and oxygen atoms in total. The minimum Gasteiger partial charge on any atom is -0.457 e. The van der Waals surface area contributed by atoms with Crippen LogP contribution in [-0.4, -0.2) is 4.57 Å². The van der Waals surface area contributed by atoms with Crippen LogP contribution in [0.25, 0.3) is 11.1 Å². The average molecular weight is 277 g/mol. The monoisotopic (exact) mass is 277 g/mol. The van der Waals surface area contributed by atoms with Crippen molar-refractivity contribution in [1.29, 1.82) is 0 Å². The molecular weight excluding hydrogens is 262 g/mol. The van der Waals surface area contributed by atoms with Gasteiger partial charge in [-0.1, -0.05) is 36.4 Å². The van der Waals surface area contributed by atoms with E-state index in [1.165, 1.54) is 0 Å². The van der Waals surface area contributed by atoms with Crippen molar-refractivity contribution in [2.24, 2.45) is 7.05 Å². The summed E-state index contributed by atoms with van der Waals surface area (Å²) in [6, 6.07) is 20.8. The molecule has 104 valence electrons. The molecule has 0 unspecified atom stereocenters. The maximum absolute atomic E-state index is 11.5. The van der Waals surface area contributed by atoms with Crippen molar-refractivity contribution < 1.29 is 4.74 Å². The smallest absolute Gasteiger partial charge is 0.250 e. The summed E-state index contributed by atoms with van der Waals surface area (Å²) in [5, 5.41) is 0. The first-order chi connectivity index (χ1) is 10.2. The summed E-state index contributed by atoms with van der Waals surface area (Å²) in [6.45, 7) is 0. The maximum Gasteiger partial charge on any atom is 0.250 e. The van der Waals surface area contributed by atoms with E-state index in [1.54, 1.807) is 17.7 Å². The van der Waals surface area contributed by atoms with Gasteiger partial charge in [-0.05, 0) is 24.3 Å². The van der Waals surface area contributed by atoms with Crippen molar-refractivity contribution in [2.45, 2.75) is 0 Å². The molecule has 0 amide bonds. The Morgan fingerprint density at radius 2 is 1.57 bits per heavy atom. The first kappa shape index (κ1) is 13.2. The standard InChI is InChI=1S/C18H15NO2/c1-19-13-14(11-12-18(19)20)16-9-5-6-10-17(16)21-15-7-3-2-4-8-15/h2-13H,1H3. The van der Waals surface area contributed by atoms with E-state index >= 15 is 0 Å². The fourth-order valence-corrected chi connectivity index (χ4v) is 2.16. The minimum atomic E-state index is -0.0276. The number of hydrogen-bond acceptors (Lipinski definition) is 2. The molecule has 21 heavy (non-hydrogen) atoms. The summed E-state index contributed by atoms with van der Waals surface area (Å²) >= 11 is 0.